The maximum atomic E-state index is 12.4. The summed E-state index contributed by atoms with van der Waals surface area (Å²) in [7, 11) is 0. The molecule has 0 fully saturated rings. The van der Waals surface area contributed by atoms with Gasteiger partial charge in [-0.1, -0.05) is 23.7 Å². The summed E-state index contributed by atoms with van der Waals surface area (Å²) in [6.07, 6.45) is 2.25. The van der Waals surface area contributed by atoms with Crippen molar-refractivity contribution in [3.8, 4) is 5.75 Å². The van der Waals surface area contributed by atoms with Gasteiger partial charge in [0.25, 0.3) is 5.69 Å². The number of nitrogens with zero attached hydrogens (tertiary/aromatic N) is 1. The maximum Gasteiger partial charge on any atom is 0.387 e. The van der Waals surface area contributed by atoms with E-state index in [2.05, 4.69) is 10.1 Å². The molecule has 1 N–H and O–H groups in total. The van der Waals surface area contributed by atoms with Gasteiger partial charge in [-0.15, -0.1) is 0 Å². The van der Waals surface area contributed by atoms with Crippen LogP contribution in [-0.2, 0) is 11.3 Å². The van der Waals surface area contributed by atoms with Crippen molar-refractivity contribution in [1.29, 1.82) is 0 Å². The lowest BCUT2D eigenvalue weighted by Gasteiger charge is -2.08. The van der Waals surface area contributed by atoms with Crippen LogP contribution in [-0.4, -0.2) is 17.4 Å². The number of hydrogen-bond acceptors (Lipinski definition) is 4. The van der Waals surface area contributed by atoms with Crippen molar-refractivity contribution >= 4 is 29.3 Å². The van der Waals surface area contributed by atoms with Crippen LogP contribution in [0.1, 0.15) is 11.1 Å². The van der Waals surface area contributed by atoms with Crippen LogP contribution < -0.4 is 10.1 Å². The molecule has 9 heteroatoms. The van der Waals surface area contributed by atoms with E-state index in [4.69, 9.17) is 11.6 Å². The molecule has 6 nitrogen and oxygen atoms in total. The molecule has 0 atom stereocenters. The summed E-state index contributed by atoms with van der Waals surface area (Å²) in [5, 5.41) is 14.0. The average Bonchev–Trinajstić information content (AvgIpc) is 2.59. The predicted octanol–water partition coefficient (Wildman–Crippen LogP) is 4.18. The van der Waals surface area contributed by atoms with Gasteiger partial charge in [-0.25, -0.2) is 0 Å². The number of hydrogen-bond donors (Lipinski definition) is 1. The minimum absolute atomic E-state index is 0.0128. The number of halogens is 3. The third-order valence-electron chi connectivity index (χ3n) is 3.21. The van der Waals surface area contributed by atoms with Crippen LogP contribution in [0, 0.1) is 10.1 Å². The highest BCUT2D eigenvalue weighted by Gasteiger charge is 2.13. The van der Waals surface area contributed by atoms with Crippen molar-refractivity contribution in [2.75, 3.05) is 0 Å². The number of amides is 1. The normalized spacial score (nSPS) is 10.9. The first-order valence-corrected chi connectivity index (χ1v) is 7.66. The molecule has 0 saturated carbocycles. The number of carbonyl (C=O) groups excluding carboxylic acids is 1. The Kier molecular flexibility index (Phi) is 6.62. The first-order valence-electron chi connectivity index (χ1n) is 7.29. The van der Waals surface area contributed by atoms with E-state index in [0.29, 0.717) is 5.02 Å². The number of alkyl halides is 2. The van der Waals surface area contributed by atoms with E-state index >= 15 is 0 Å². The van der Waals surface area contributed by atoms with Gasteiger partial charge in [0.1, 0.15) is 5.75 Å². The van der Waals surface area contributed by atoms with Crippen LogP contribution in [0.3, 0.4) is 0 Å². The standard InChI is InChI=1S/C17H13ClF2N2O4/c18-13-4-1-11(2-5-13)10-21-16(23)8-3-12-9-14(22(24)25)6-7-15(12)26-17(19)20/h1-9,17H,10H2,(H,21,23). The molecule has 0 radical (unpaired) electrons. The summed E-state index contributed by atoms with van der Waals surface area (Å²) < 4.78 is 29.2. The van der Waals surface area contributed by atoms with Crippen molar-refractivity contribution in [3.63, 3.8) is 0 Å². The molecule has 2 rings (SSSR count). The van der Waals surface area contributed by atoms with Crippen LogP contribution >= 0.6 is 11.6 Å². The molecule has 2 aromatic carbocycles. The zero-order valence-corrected chi connectivity index (χ0v) is 14.0. The largest absolute Gasteiger partial charge is 0.434 e. The maximum absolute atomic E-state index is 12.4. The molecule has 0 heterocycles. The second kappa shape index (κ2) is 8.91. The fraction of sp³-hybridized carbons (Fsp3) is 0.118. The third-order valence-corrected chi connectivity index (χ3v) is 3.47. The lowest BCUT2D eigenvalue weighted by molar-refractivity contribution is -0.384. The molecule has 0 aliphatic rings. The molecular formula is C17H13ClF2N2O4. The Morgan fingerprint density at radius 3 is 2.58 bits per heavy atom. The first-order chi connectivity index (χ1) is 12.3. The summed E-state index contributed by atoms with van der Waals surface area (Å²) in [5.74, 6) is -0.776. The predicted molar refractivity (Wildman–Crippen MR) is 92.1 cm³/mol. The van der Waals surface area contributed by atoms with E-state index in [9.17, 15) is 23.7 Å². The number of nitrogens with one attached hydrogen (secondary N) is 1. The van der Waals surface area contributed by atoms with Gasteiger partial charge in [0, 0.05) is 35.3 Å². The van der Waals surface area contributed by atoms with Crippen LogP contribution in [0.4, 0.5) is 14.5 Å². The second-order valence-electron chi connectivity index (χ2n) is 5.04. The quantitative estimate of drug-likeness (QED) is 0.442. The number of carbonyl (C=O) groups is 1. The van der Waals surface area contributed by atoms with E-state index in [-0.39, 0.29) is 23.5 Å². The highest BCUT2D eigenvalue weighted by Crippen LogP contribution is 2.26. The second-order valence-corrected chi connectivity index (χ2v) is 5.47. The van der Waals surface area contributed by atoms with Gasteiger partial charge in [0.05, 0.1) is 4.92 Å². The zero-order valence-electron chi connectivity index (χ0n) is 13.2. The van der Waals surface area contributed by atoms with Crippen molar-refractivity contribution in [3.05, 3.63) is 74.8 Å². The van der Waals surface area contributed by atoms with Crippen LogP contribution in [0.5, 0.6) is 5.75 Å². The number of benzene rings is 2. The molecule has 0 spiro atoms. The molecule has 0 aromatic heterocycles. The smallest absolute Gasteiger partial charge is 0.387 e. The third kappa shape index (κ3) is 5.82. The number of non-ortho nitro benzene ring substituents is 1. The minimum atomic E-state index is -3.10. The molecule has 136 valence electrons. The SMILES string of the molecule is O=C(C=Cc1cc([N+](=O)[O-])ccc1OC(F)F)NCc1ccc(Cl)cc1. The van der Waals surface area contributed by atoms with E-state index < -0.39 is 17.4 Å². The van der Waals surface area contributed by atoms with Gasteiger partial charge in [-0.3, -0.25) is 14.9 Å². The van der Waals surface area contributed by atoms with Crippen molar-refractivity contribution < 1.29 is 23.2 Å². The van der Waals surface area contributed by atoms with Gasteiger partial charge in [0.15, 0.2) is 0 Å². The van der Waals surface area contributed by atoms with Crippen LogP contribution in [0.2, 0.25) is 5.02 Å². The summed E-state index contributed by atoms with van der Waals surface area (Å²) in [6, 6.07) is 9.96. The Hall–Kier alpha value is -3.00. The van der Waals surface area contributed by atoms with Gasteiger partial charge in [0.2, 0.25) is 5.91 Å². The van der Waals surface area contributed by atoms with Crippen molar-refractivity contribution in [1.82, 2.24) is 5.32 Å². The minimum Gasteiger partial charge on any atom is -0.434 e. The van der Waals surface area contributed by atoms with E-state index in [0.717, 1.165) is 29.8 Å². The number of rotatable bonds is 7. The number of nitro benzene ring substituents is 1. The molecule has 0 unspecified atom stereocenters. The van der Waals surface area contributed by atoms with E-state index in [1.807, 2.05) is 0 Å². The fourth-order valence-electron chi connectivity index (χ4n) is 2.00. The Balaban J connectivity index is 2.08. The lowest BCUT2D eigenvalue weighted by atomic mass is 10.1. The number of ether oxygens (including phenoxy) is 1. The number of nitro groups is 1. The van der Waals surface area contributed by atoms with Gasteiger partial charge < -0.3 is 10.1 Å². The van der Waals surface area contributed by atoms with Crippen LogP contribution in [0.25, 0.3) is 6.08 Å². The summed E-state index contributed by atoms with van der Waals surface area (Å²) in [5.41, 5.74) is 0.488. The molecular weight excluding hydrogens is 370 g/mol. The van der Waals surface area contributed by atoms with E-state index in [1.165, 1.54) is 6.08 Å². The van der Waals surface area contributed by atoms with Gasteiger partial charge in [-0.2, -0.15) is 8.78 Å². The van der Waals surface area contributed by atoms with Crippen molar-refractivity contribution in [2.24, 2.45) is 0 Å². The topological polar surface area (TPSA) is 81.5 Å². The Labute approximate surface area is 152 Å². The molecule has 26 heavy (non-hydrogen) atoms. The highest BCUT2D eigenvalue weighted by molar-refractivity contribution is 6.30. The summed E-state index contributed by atoms with van der Waals surface area (Å²) in [4.78, 5) is 22.0. The van der Waals surface area contributed by atoms with Gasteiger partial charge in [-0.05, 0) is 29.8 Å². The molecule has 0 bridgehead atoms. The Bertz CT molecular complexity index is 826. The first kappa shape index (κ1) is 19.3. The molecule has 0 saturated heterocycles. The Morgan fingerprint density at radius 1 is 1.27 bits per heavy atom. The fourth-order valence-corrected chi connectivity index (χ4v) is 2.12. The van der Waals surface area contributed by atoms with E-state index in [1.54, 1.807) is 24.3 Å². The van der Waals surface area contributed by atoms with Gasteiger partial charge >= 0.3 is 6.61 Å². The molecule has 2 aromatic rings. The van der Waals surface area contributed by atoms with Crippen LogP contribution in [0.15, 0.2) is 48.5 Å². The zero-order chi connectivity index (χ0) is 19.1. The highest BCUT2D eigenvalue weighted by atomic mass is 35.5. The average molecular weight is 383 g/mol. The molecule has 1 amide bonds. The molecule has 0 aliphatic heterocycles. The lowest BCUT2D eigenvalue weighted by Crippen LogP contribution is -2.20. The van der Waals surface area contributed by atoms with Crippen molar-refractivity contribution in [2.45, 2.75) is 13.2 Å². The Morgan fingerprint density at radius 2 is 1.96 bits per heavy atom. The summed E-state index contributed by atoms with van der Waals surface area (Å²) >= 11 is 5.77. The summed E-state index contributed by atoms with van der Waals surface area (Å²) in [6.45, 7) is -2.86. The molecule has 0 aliphatic carbocycles. The monoisotopic (exact) mass is 382 g/mol.